The topological polar surface area (TPSA) is 51.0 Å². The van der Waals surface area contributed by atoms with Crippen LogP contribution in [0.25, 0.3) is 11.5 Å². The van der Waals surface area contributed by atoms with Crippen molar-refractivity contribution in [1.29, 1.82) is 0 Å². The van der Waals surface area contributed by atoms with Crippen molar-refractivity contribution in [2.45, 2.75) is 17.9 Å². The Morgan fingerprint density at radius 1 is 1.29 bits per heavy atom. The number of rotatable bonds is 4. The van der Waals surface area contributed by atoms with E-state index in [0.29, 0.717) is 11.8 Å². The molecule has 1 heterocycles. The lowest BCUT2D eigenvalue weighted by Gasteiger charge is -2.03. The van der Waals surface area contributed by atoms with E-state index in [-0.39, 0.29) is 6.04 Å². The minimum Gasteiger partial charge on any atom is -0.419 e. The molecule has 90 valence electrons. The Balaban J connectivity index is 2.37. The van der Waals surface area contributed by atoms with Gasteiger partial charge >= 0.3 is 0 Å². The van der Waals surface area contributed by atoms with Crippen LogP contribution in [0.3, 0.4) is 0 Å². The molecule has 1 atom stereocenters. The van der Waals surface area contributed by atoms with E-state index in [1.54, 1.807) is 11.8 Å². The van der Waals surface area contributed by atoms with Gasteiger partial charge in [-0.15, -0.1) is 22.0 Å². The van der Waals surface area contributed by atoms with Gasteiger partial charge in [-0.05, 0) is 32.4 Å². The molecule has 4 nitrogen and oxygen atoms in total. The van der Waals surface area contributed by atoms with Gasteiger partial charge in [0.2, 0.25) is 11.8 Å². The molecule has 2 aromatic rings. The van der Waals surface area contributed by atoms with Crippen molar-refractivity contribution in [1.82, 2.24) is 15.5 Å². The number of benzene rings is 1. The van der Waals surface area contributed by atoms with Gasteiger partial charge in [0, 0.05) is 4.90 Å². The van der Waals surface area contributed by atoms with Gasteiger partial charge < -0.3 is 9.73 Å². The average molecular weight is 249 g/mol. The monoisotopic (exact) mass is 249 g/mol. The van der Waals surface area contributed by atoms with E-state index in [2.05, 4.69) is 15.5 Å². The Kier molecular flexibility index (Phi) is 3.81. The molecule has 0 saturated carbocycles. The van der Waals surface area contributed by atoms with E-state index in [1.807, 2.05) is 44.5 Å². The first-order valence-corrected chi connectivity index (χ1v) is 6.62. The van der Waals surface area contributed by atoms with Crippen molar-refractivity contribution in [3.8, 4) is 11.5 Å². The molecule has 0 saturated heterocycles. The molecule has 0 spiro atoms. The molecule has 5 heteroatoms. The standard InChI is InChI=1S/C12H15N3OS/c1-8(13-2)11-14-15-12(16-11)9-6-4-5-7-10(9)17-3/h4-8,13H,1-3H3. The van der Waals surface area contributed by atoms with Crippen LogP contribution < -0.4 is 5.32 Å². The maximum Gasteiger partial charge on any atom is 0.248 e. The summed E-state index contributed by atoms with van der Waals surface area (Å²) < 4.78 is 5.67. The Morgan fingerprint density at radius 3 is 2.76 bits per heavy atom. The molecule has 1 N–H and O–H groups in total. The molecule has 0 aliphatic heterocycles. The average Bonchev–Trinajstić information content (AvgIpc) is 2.87. The first-order valence-electron chi connectivity index (χ1n) is 5.40. The Hall–Kier alpha value is -1.33. The fourth-order valence-electron chi connectivity index (χ4n) is 1.46. The third kappa shape index (κ3) is 2.50. The van der Waals surface area contributed by atoms with Crippen molar-refractivity contribution in [3.05, 3.63) is 30.2 Å². The molecule has 2 rings (SSSR count). The van der Waals surface area contributed by atoms with Gasteiger partial charge in [0.25, 0.3) is 0 Å². The summed E-state index contributed by atoms with van der Waals surface area (Å²) in [6.07, 6.45) is 2.03. The summed E-state index contributed by atoms with van der Waals surface area (Å²) in [4.78, 5) is 1.14. The van der Waals surface area contributed by atoms with E-state index in [0.717, 1.165) is 10.5 Å². The molecule has 0 aliphatic carbocycles. The van der Waals surface area contributed by atoms with Gasteiger partial charge in [0.1, 0.15) is 0 Å². The minimum atomic E-state index is 0.0673. The summed E-state index contributed by atoms with van der Waals surface area (Å²) in [6, 6.07) is 8.08. The third-order valence-corrected chi connectivity index (χ3v) is 3.38. The maximum absolute atomic E-state index is 5.67. The molecule has 1 unspecified atom stereocenters. The van der Waals surface area contributed by atoms with Crippen LogP contribution in [-0.4, -0.2) is 23.5 Å². The first-order chi connectivity index (χ1) is 8.26. The zero-order chi connectivity index (χ0) is 12.3. The largest absolute Gasteiger partial charge is 0.419 e. The second-order valence-electron chi connectivity index (χ2n) is 3.66. The summed E-state index contributed by atoms with van der Waals surface area (Å²) in [7, 11) is 1.87. The Morgan fingerprint density at radius 2 is 2.06 bits per heavy atom. The lowest BCUT2D eigenvalue weighted by molar-refractivity contribution is 0.441. The number of hydrogen-bond acceptors (Lipinski definition) is 5. The smallest absolute Gasteiger partial charge is 0.248 e. The van der Waals surface area contributed by atoms with Crippen LogP contribution in [-0.2, 0) is 0 Å². The van der Waals surface area contributed by atoms with Crippen molar-refractivity contribution >= 4 is 11.8 Å². The van der Waals surface area contributed by atoms with Gasteiger partial charge in [-0.2, -0.15) is 0 Å². The molecule has 0 fully saturated rings. The minimum absolute atomic E-state index is 0.0673. The molecule has 1 aromatic heterocycles. The highest BCUT2D eigenvalue weighted by atomic mass is 32.2. The summed E-state index contributed by atoms with van der Waals surface area (Å²) in [6.45, 7) is 1.98. The van der Waals surface area contributed by atoms with E-state index < -0.39 is 0 Å². The van der Waals surface area contributed by atoms with E-state index >= 15 is 0 Å². The van der Waals surface area contributed by atoms with Crippen LogP contribution in [0.4, 0.5) is 0 Å². The molecular formula is C12H15N3OS. The fourth-order valence-corrected chi connectivity index (χ4v) is 2.05. The zero-order valence-corrected chi connectivity index (χ0v) is 10.9. The molecule has 0 amide bonds. The van der Waals surface area contributed by atoms with Crippen LogP contribution in [0.5, 0.6) is 0 Å². The summed E-state index contributed by atoms with van der Waals surface area (Å²) in [5, 5.41) is 11.2. The number of aromatic nitrogens is 2. The van der Waals surface area contributed by atoms with Gasteiger partial charge in [-0.25, -0.2) is 0 Å². The second kappa shape index (κ2) is 5.33. The Bertz CT molecular complexity index is 498. The highest BCUT2D eigenvalue weighted by molar-refractivity contribution is 7.98. The normalized spacial score (nSPS) is 12.6. The highest BCUT2D eigenvalue weighted by Gasteiger charge is 2.15. The van der Waals surface area contributed by atoms with Crippen molar-refractivity contribution in [3.63, 3.8) is 0 Å². The highest BCUT2D eigenvalue weighted by Crippen LogP contribution is 2.29. The van der Waals surface area contributed by atoms with Crippen LogP contribution in [0.1, 0.15) is 18.9 Å². The van der Waals surface area contributed by atoms with Crippen LogP contribution in [0.2, 0.25) is 0 Å². The Labute approximate surface area is 105 Å². The van der Waals surface area contributed by atoms with Gasteiger partial charge in [-0.1, -0.05) is 12.1 Å². The summed E-state index contributed by atoms with van der Waals surface area (Å²) >= 11 is 1.67. The lowest BCUT2D eigenvalue weighted by atomic mass is 10.2. The SMILES string of the molecule is CNC(C)c1nnc(-c2ccccc2SC)o1. The molecule has 0 radical (unpaired) electrons. The summed E-state index contributed by atoms with van der Waals surface area (Å²) in [5.74, 6) is 1.19. The van der Waals surface area contributed by atoms with E-state index in [4.69, 9.17) is 4.42 Å². The van der Waals surface area contributed by atoms with Crippen LogP contribution >= 0.6 is 11.8 Å². The van der Waals surface area contributed by atoms with E-state index in [9.17, 15) is 0 Å². The fraction of sp³-hybridized carbons (Fsp3) is 0.333. The van der Waals surface area contributed by atoms with E-state index in [1.165, 1.54) is 0 Å². The van der Waals surface area contributed by atoms with Gasteiger partial charge in [0.15, 0.2) is 0 Å². The lowest BCUT2D eigenvalue weighted by Crippen LogP contribution is -2.12. The number of nitrogens with one attached hydrogen (secondary N) is 1. The zero-order valence-electron chi connectivity index (χ0n) is 10.1. The predicted octanol–water partition coefficient (Wildman–Crippen LogP) is 2.74. The molecule has 1 aromatic carbocycles. The predicted molar refractivity (Wildman–Crippen MR) is 69.0 cm³/mol. The molecule has 17 heavy (non-hydrogen) atoms. The molecule has 0 aliphatic rings. The number of nitrogens with zero attached hydrogens (tertiary/aromatic N) is 2. The molecule has 0 bridgehead atoms. The third-order valence-electron chi connectivity index (χ3n) is 2.58. The quantitative estimate of drug-likeness (QED) is 0.844. The number of thioether (sulfide) groups is 1. The maximum atomic E-state index is 5.67. The molecular weight excluding hydrogens is 234 g/mol. The first kappa shape index (κ1) is 12.1. The second-order valence-corrected chi connectivity index (χ2v) is 4.50. The van der Waals surface area contributed by atoms with Crippen molar-refractivity contribution in [2.75, 3.05) is 13.3 Å². The van der Waals surface area contributed by atoms with Crippen molar-refractivity contribution < 1.29 is 4.42 Å². The van der Waals surface area contributed by atoms with Crippen LogP contribution in [0.15, 0.2) is 33.6 Å². The van der Waals surface area contributed by atoms with Gasteiger partial charge in [-0.3, -0.25) is 0 Å². The van der Waals surface area contributed by atoms with Crippen LogP contribution in [0, 0.1) is 0 Å². The summed E-state index contributed by atoms with van der Waals surface area (Å²) in [5.41, 5.74) is 0.988. The van der Waals surface area contributed by atoms with Gasteiger partial charge in [0.05, 0.1) is 11.6 Å². The number of hydrogen-bond donors (Lipinski definition) is 1. The van der Waals surface area contributed by atoms with Crippen molar-refractivity contribution in [2.24, 2.45) is 0 Å².